The molecular formula is C41H78O11S. The second-order valence-corrected chi connectivity index (χ2v) is 16.8. The number of esters is 2. The van der Waals surface area contributed by atoms with Crippen molar-refractivity contribution in [2.75, 3.05) is 19.0 Å². The van der Waals surface area contributed by atoms with Gasteiger partial charge in [0.05, 0.1) is 12.7 Å². The lowest BCUT2D eigenvalue weighted by Gasteiger charge is -2.36. The highest BCUT2D eigenvalue weighted by Crippen LogP contribution is 2.23. The molecule has 1 aliphatic heterocycles. The monoisotopic (exact) mass is 779 g/mol. The molecule has 3 N–H and O–H groups in total. The highest BCUT2D eigenvalue weighted by atomic mass is 32.2. The van der Waals surface area contributed by atoms with Crippen molar-refractivity contribution in [2.45, 2.75) is 231 Å². The fourth-order valence-electron chi connectivity index (χ4n) is 6.78. The van der Waals surface area contributed by atoms with Gasteiger partial charge in [0.25, 0.3) is 10.1 Å². The van der Waals surface area contributed by atoms with Gasteiger partial charge < -0.3 is 29.2 Å². The fraction of sp³-hybridized carbons (Fsp3) is 0.951. The van der Waals surface area contributed by atoms with E-state index in [0.29, 0.717) is 6.42 Å². The van der Waals surface area contributed by atoms with Gasteiger partial charge in [-0.1, -0.05) is 168 Å². The standard InChI is InChI=1S/C41H78O11S/c1-3-5-7-9-11-13-15-17-19-21-23-25-27-29-38(43)49-32-35(33-50-40-31-36(42)41(45)37(52-40)34-53(46,47)48)51-39(44)30-28-26-24-22-20-18-16-14-12-10-8-6-4-2/h35-37,40-42,45H,3-34H2,1-2H3,(H,46,47,48)/t35-,36-,37?,40+,41?/m1/s1. The number of unbranched alkanes of at least 4 members (excludes halogenated alkanes) is 24. The van der Waals surface area contributed by atoms with Crippen molar-refractivity contribution < 1.29 is 51.7 Å². The summed E-state index contributed by atoms with van der Waals surface area (Å²) in [6.07, 6.45) is 25.2. The van der Waals surface area contributed by atoms with Gasteiger partial charge in [-0.3, -0.25) is 14.1 Å². The first-order valence-electron chi connectivity index (χ1n) is 21.5. The Labute approximate surface area is 322 Å². The zero-order chi connectivity index (χ0) is 39.0. The molecule has 0 radical (unpaired) electrons. The minimum absolute atomic E-state index is 0.165. The van der Waals surface area contributed by atoms with Crippen LogP contribution >= 0.6 is 0 Å². The fourth-order valence-corrected chi connectivity index (χ4v) is 7.47. The van der Waals surface area contributed by atoms with Crippen molar-refractivity contribution in [1.82, 2.24) is 0 Å². The summed E-state index contributed by atoms with van der Waals surface area (Å²) in [6, 6.07) is 0. The van der Waals surface area contributed by atoms with Crippen LogP contribution in [0.25, 0.3) is 0 Å². The maximum Gasteiger partial charge on any atom is 0.306 e. The first-order chi connectivity index (χ1) is 25.6. The molecule has 1 saturated heterocycles. The molecule has 0 aliphatic carbocycles. The second-order valence-electron chi connectivity index (χ2n) is 15.3. The number of rotatable bonds is 36. The van der Waals surface area contributed by atoms with E-state index in [9.17, 15) is 32.8 Å². The number of hydrogen-bond donors (Lipinski definition) is 3. The van der Waals surface area contributed by atoms with Crippen LogP contribution < -0.4 is 0 Å². The molecule has 1 rings (SSSR count). The van der Waals surface area contributed by atoms with Gasteiger partial charge in [0.2, 0.25) is 0 Å². The summed E-state index contributed by atoms with van der Waals surface area (Å²) < 4.78 is 54.3. The normalized spacial score (nSPS) is 19.6. The van der Waals surface area contributed by atoms with Gasteiger partial charge >= 0.3 is 11.9 Å². The lowest BCUT2D eigenvalue weighted by Crippen LogP contribution is -2.52. The van der Waals surface area contributed by atoms with E-state index in [2.05, 4.69) is 13.8 Å². The Hall–Kier alpha value is -1.31. The lowest BCUT2D eigenvalue weighted by molar-refractivity contribution is -0.252. The maximum atomic E-state index is 12.7. The maximum absolute atomic E-state index is 12.7. The van der Waals surface area contributed by atoms with E-state index in [1.807, 2.05) is 0 Å². The van der Waals surface area contributed by atoms with E-state index in [1.54, 1.807) is 0 Å². The molecule has 0 saturated carbocycles. The summed E-state index contributed by atoms with van der Waals surface area (Å²) in [6.45, 7) is 4.03. The molecule has 1 aliphatic rings. The van der Waals surface area contributed by atoms with Crippen LogP contribution in [0.15, 0.2) is 0 Å². The number of aliphatic hydroxyl groups excluding tert-OH is 2. The summed E-state index contributed by atoms with van der Waals surface area (Å²) in [5, 5.41) is 20.4. The van der Waals surface area contributed by atoms with Gasteiger partial charge in [0.15, 0.2) is 12.4 Å². The predicted octanol–water partition coefficient (Wildman–Crippen LogP) is 9.15. The van der Waals surface area contributed by atoms with E-state index >= 15 is 0 Å². The third kappa shape index (κ3) is 29.6. The molecule has 0 bridgehead atoms. The molecule has 0 amide bonds. The first-order valence-corrected chi connectivity index (χ1v) is 23.1. The number of aliphatic hydroxyl groups is 2. The molecular weight excluding hydrogens is 701 g/mol. The molecule has 1 fully saturated rings. The first kappa shape index (κ1) is 49.7. The number of carbonyl (C=O) groups is 2. The second kappa shape index (κ2) is 32.9. The molecule has 1 heterocycles. The quantitative estimate of drug-likeness (QED) is 0.0315. The van der Waals surface area contributed by atoms with Crippen LogP contribution in [0.1, 0.15) is 200 Å². The lowest BCUT2D eigenvalue weighted by atomic mass is 10.0. The molecule has 5 atom stereocenters. The summed E-state index contributed by atoms with van der Waals surface area (Å²) in [7, 11) is -4.49. The van der Waals surface area contributed by atoms with E-state index in [1.165, 1.54) is 122 Å². The van der Waals surface area contributed by atoms with Crippen molar-refractivity contribution in [1.29, 1.82) is 0 Å². The molecule has 0 aromatic heterocycles. The van der Waals surface area contributed by atoms with Crippen LogP contribution in [-0.4, -0.2) is 84.8 Å². The number of hydrogen-bond acceptors (Lipinski definition) is 10. The van der Waals surface area contributed by atoms with Gasteiger partial charge in [-0.05, 0) is 12.8 Å². The molecule has 0 aromatic carbocycles. The van der Waals surface area contributed by atoms with Gasteiger partial charge in [-0.2, -0.15) is 8.42 Å². The summed E-state index contributed by atoms with van der Waals surface area (Å²) in [5.41, 5.74) is 0. The topological polar surface area (TPSA) is 166 Å². The van der Waals surface area contributed by atoms with Crippen LogP contribution in [-0.2, 0) is 38.7 Å². The van der Waals surface area contributed by atoms with E-state index in [0.717, 1.165) is 38.5 Å². The average molecular weight is 779 g/mol. The molecule has 12 heteroatoms. The van der Waals surface area contributed by atoms with E-state index in [4.69, 9.17) is 18.9 Å². The molecule has 11 nitrogen and oxygen atoms in total. The summed E-state index contributed by atoms with van der Waals surface area (Å²) in [5.74, 6) is -1.73. The Kier molecular flexibility index (Phi) is 30.8. The highest BCUT2D eigenvalue weighted by molar-refractivity contribution is 7.85. The molecule has 0 spiro atoms. The highest BCUT2D eigenvalue weighted by Gasteiger charge is 2.39. The minimum atomic E-state index is -4.49. The Morgan fingerprint density at radius 3 is 1.43 bits per heavy atom. The number of carbonyl (C=O) groups excluding carboxylic acids is 2. The van der Waals surface area contributed by atoms with E-state index < -0.39 is 52.5 Å². The SMILES string of the molecule is CCCCCCCCCCCCCCCC(=O)OC[C@H](CO[C@@H]1C[C@@H](O)C(O)C(CS(=O)(=O)O)O1)OC(=O)CCCCCCCCCCCCCCC. The van der Waals surface area contributed by atoms with Gasteiger partial charge in [0.1, 0.15) is 24.6 Å². The third-order valence-electron chi connectivity index (χ3n) is 10.1. The largest absolute Gasteiger partial charge is 0.462 e. The molecule has 53 heavy (non-hydrogen) atoms. The predicted molar refractivity (Wildman–Crippen MR) is 209 cm³/mol. The molecule has 314 valence electrons. The Bertz CT molecular complexity index is 992. The van der Waals surface area contributed by atoms with Gasteiger partial charge in [-0.15, -0.1) is 0 Å². The molecule has 2 unspecified atom stereocenters. The van der Waals surface area contributed by atoms with Crippen LogP contribution in [0, 0.1) is 0 Å². The Morgan fingerprint density at radius 2 is 1.02 bits per heavy atom. The van der Waals surface area contributed by atoms with Gasteiger partial charge in [0, 0.05) is 19.3 Å². The van der Waals surface area contributed by atoms with Crippen LogP contribution in [0.3, 0.4) is 0 Å². The average Bonchev–Trinajstić information content (AvgIpc) is 3.11. The molecule has 0 aromatic rings. The smallest absolute Gasteiger partial charge is 0.306 e. The zero-order valence-electron chi connectivity index (χ0n) is 33.5. The van der Waals surface area contributed by atoms with Crippen molar-refractivity contribution >= 4 is 22.1 Å². The van der Waals surface area contributed by atoms with Crippen molar-refractivity contribution in [2.24, 2.45) is 0 Å². The van der Waals surface area contributed by atoms with Crippen molar-refractivity contribution in [3.8, 4) is 0 Å². The van der Waals surface area contributed by atoms with E-state index in [-0.39, 0.29) is 38.4 Å². The van der Waals surface area contributed by atoms with Gasteiger partial charge in [-0.25, -0.2) is 0 Å². The Morgan fingerprint density at radius 1 is 0.623 bits per heavy atom. The summed E-state index contributed by atoms with van der Waals surface area (Å²) >= 11 is 0. The van der Waals surface area contributed by atoms with Crippen molar-refractivity contribution in [3.05, 3.63) is 0 Å². The van der Waals surface area contributed by atoms with Crippen molar-refractivity contribution in [3.63, 3.8) is 0 Å². The van der Waals surface area contributed by atoms with Crippen LogP contribution in [0.2, 0.25) is 0 Å². The Balaban J connectivity index is 2.41. The minimum Gasteiger partial charge on any atom is -0.462 e. The third-order valence-corrected chi connectivity index (χ3v) is 10.8. The van der Waals surface area contributed by atoms with Crippen LogP contribution in [0.4, 0.5) is 0 Å². The number of ether oxygens (including phenoxy) is 4. The van der Waals surface area contributed by atoms with Crippen LogP contribution in [0.5, 0.6) is 0 Å². The zero-order valence-corrected chi connectivity index (χ0v) is 34.3. The summed E-state index contributed by atoms with van der Waals surface area (Å²) in [4.78, 5) is 25.3.